The maximum atomic E-state index is 10.9. The first-order valence-corrected chi connectivity index (χ1v) is 5.26. The van der Waals surface area contributed by atoms with Crippen molar-refractivity contribution in [3.63, 3.8) is 0 Å². The van der Waals surface area contributed by atoms with Crippen molar-refractivity contribution < 1.29 is 14.6 Å². The van der Waals surface area contributed by atoms with Crippen molar-refractivity contribution in [1.29, 1.82) is 0 Å². The van der Waals surface area contributed by atoms with E-state index in [9.17, 15) is 4.79 Å². The number of ether oxygens (including phenoxy) is 1. The van der Waals surface area contributed by atoms with Gasteiger partial charge in [-0.3, -0.25) is 4.79 Å². The number of anilines is 1. The zero-order valence-corrected chi connectivity index (χ0v) is 9.16. The van der Waals surface area contributed by atoms with E-state index in [-0.39, 0.29) is 6.61 Å². The molecule has 1 unspecified atom stereocenters. The fourth-order valence-electron chi connectivity index (χ4n) is 1.05. The van der Waals surface area contributed by atoms with Gasteiger partial charge >= 0.3 is 5.97 Å². The lowest BCUT2D eigenvalue weighted by atomic mass is 10.3. The molecule has 3 N–H and O–H groups in total. The molecule has 82 valence electrons. The van der Waals surface area contributed by atoms with Crippen LogP contribution in [0.5, 0.6) is 0 Å². The van der Waals surface area contributed by atoms with Gasteiger partial charge in [-0.1, -0.05) is 12.1 Å². The summed E-state index contributed by atoms with van der Waals surface area (Å²) in [6.07, 6.45) is 0. The monoisotopic (exact) mass is 227 g/mol. The molecule has 0 heterocycles. The number of carboxylic acids is 1. The maximum absolute atomic E-state index is 10.9. The number of hydrogen-bond acceptors (Lipinski definition) is 4. The third kappa shape index (κ3) is 3.45. The fraction of sp³-hybridized carbons (Fsp3) is 0.300. The maximum Gasteiger partial charge on any atom is 0.319 e. The highest BCUT2D eigenvalue weighted by molar-refractivity contribution is 8.00. The van der Waals surface area contributed by atoms with Crippen LogP contribution >= 0.6 is 11.8 Å². The van der Waals surface area contributed by atoms with Crippen molar-refractivity contribution >= 4 is 23.4 Å². The van der Waals surface area contributed by atoms with Crippen LogP contribution < -0.4 is 5.73 Å². The number of carboxylic acid groups (broad SMARTS) is 1. The Morgan fingerprint density at radius 3 is 2.80 bits per heavy atom. The highest BCUT2D eigenvalue weighted by Crippen LogP contribution is 2.28. The van der Waals surface area contributed by atoms with Gasteiger partial charge in [-0.2, -0.15) is 0 Å². The molecule has 15 heavy (non-hydrogen) atoms. The van der Waals surface area contributed by atoms with E-state index in [4.69, 9.17) is 15.6 Å². The molecule has 0 saturated heterocycles. The summed E-state index contributed by atoms with van der Waals surface area (Å²) in [5.41, 5.74) is 6.30. The number of benzene rings is 1. The van der Waals surface area contributed by atoms with E-state index in [1.54, 1.807) is 12.1 Å². The molecule has 1 rings (SSSR count). The summed E-state index contributed by atoms with van der Waals surface area (Å²) >= 11 is 1.20. The van der Waals surface area contributed by atoms with Crippen LogP contribution in [-0.4, -0.2) is 30.0 Å². The lowest BCUT2D eigenvalue weighted by Gasteiger charge is -2.11. The van der Waals surface area contributed by atoms with Gasteiger partial charge in [0.1, 0.15) is 5.25 Å². The minimum Gasteiger partial charge on any atom is -0.480 e. The molecule has 0 aliphatic rings. The summed E-state index contributed by atoms with van der Waals surface area (Å²) < 4.78 is 4.83. The van der Waals surface area contributed by atoms with Gasteiger partial charge in [0.25, 0.3) is 0 Å². The molecule has 0 spiro atoms. The molecule has 5 heteroatoms. The third-order valence-corrected chi connectivity index (χ3v) is 3.03. The van der Waals surface area contributed by atoms with Crippen LogP contribution in [-0.2, 0) is 9.53 Å². The SMILES string of the molecule is COCC(Sc1ccccc1N)C(=O)O. The second-order valence-electron chi connectivity index (χ2n) is 2.94. The number of hydrogen-bond donors (Lipinski definition) is 2. The Morgan fingerprint density at radius 1 is 1.60 bits per heavy atom. The number of carbonyl (C=O) groups is 1. The summed E-state index contributed by atoms with van der Waals surface area (Å²) in [7, 11) is 1.48. The number of methoxy groups -OCH3 is 1. The lowest BCUT2D eigenvalue weighted by molar-refractivity contribution is -0.137. The van der Waals surface area contributed by atoms with Gasteiger partial charge < -0.3 is 15.6 Å². The zero-order valence-electron chi connectivity index (χ0n) is 8.34. The van der Waals surface area contributed by atoms with Crippen molar-refractivity contribution in [3.05, 3.63) is 24.3 Å². The minimum absolute atomic E-state index is 0.161. The minimum atomic E-state index is -0.898. The Hall–Kier alpha value is -1.20. The van der Waals surface area contributed by atoms with Crippen molar-refractivity contribution in [1.82, 2.24) is 0 Å². The van der Waals surface area contributed by atoms with E-state index in [2.05, 4.69) is 0 Å². The number of para-hydroxylation sites is 1. The normalized spacial score (nSPS) is 12.3. The van der Waals surface area contributed by atoms with E-state index >= 15 is 0 Å². The average molecular weight is 227 g/mol. The number of aliphatic carboxylic acids is 1. The first kappa shape index (κ1) is 11.9. The van der Waals surface area contributed by atoms with Crippen LogP contribution in [0.4, 0.5) is 5.69 Å². The Kier molecular flexibility index (Phi) is 4.45. The molecule has 0 aliphatic heterocycles. The van der Waals surface area contributed by atoms with Crippen LogP contribution in [0.3, 0.4) is 0 Å². The standard InChI is InChI=1S/C10H13NO3S/c1-14-6-9(10(12)13)15-8-5-3-2-4-7(8)11/h2-5,9H,6,11H2,1H3,(H,12,13). The van der Waals surface area contributed by atoms with Crippen LogP contribution in [0.1, 0.15) is 0 Å². The van der Waals surface area contributed by atoms with Gasteiger partial charge in [0.05, 0.1) is 6.61 Å². The summed E-state index contributed by atoms with van der Waals surface area (Å²) in [5, 5.41) is 8.29. The smallest absolute Gasteiger partial charge is 0.319 e. The molecule has 0 aromatic heterocycles. The lowest BCUT2D eigenvalue weighted by Crippen LogP contribution is -2.21. The van der Waals surface area contributed by atoms with E-state index in [0.29, 0.717) is 5.69 Å². The van der Waals surface area contributed by atoms with Gasteiger partial charge in [-0.25, -0.2) is 0 Å². The quantitative estimate of drug-likeness (QED) is 0.588. The van der Waals surface area contributed by atoms with Gasteiger partial charge in [-0.05, 0) is 12.1 Å². The summed E-state index contributed by atoms with van der Waals surface area (Å²) in [6, 6.07) is 7.18. The topological polar surface area (TPSA) is 72.5 Å². The first-order valence-electron chi connectivity index (χ1n) is 4.38. The molecule has 4 nitrogen and oxygen atoms in total. The van der Waals surface area contributed by atoms with Crippen LogP contribution in [0.25, 0.3) is 0 Å². The molecule has 0 fully saturated rings. The molecule has 1 aromatic carbocycles. The number of nitrogens with two attached hydrogens (primary N) is 1. The Morgan fingerprint density at radius 2 is 2.27 bits per heavy atom. The predicted molar refractivity (Wildman–Crippen MR) is 60.0 cm³/mol. The molecule has 1 atom stereocenters. The summed E-state index contributed by atoms with van der Waals surface area (Å²) in [5.74, 6) is -0.898. The fourth-order valence-corrected chi connectivity index (χ4v) is 2.02. The molecule has 0 aliphatic carbocycles. The summed E-state index contributed by atoms with van der Waals surface area (Å²) in [6.45, 7) is 0.161. The van der Waals surface area contributed by atoms with Gasteiger partial charge in [0.2, 0.25) is 0 Å². The second-order valence-corrected chi connectivity index (χ2v) is 4.18. The summed E-state index contributed by atoms with van der Waals surface area (Å²) in [4.78, 5) is 11.6. The van der Waals surface area contributed by atoms with Gasteiger partial charge in [0.15, 0.2) is 0 Å². The number of thioether (sulfide) groups is 1. The molecule has 1 aromatic rings. The van der Waals surface area contributed by atoms with Crippen LogP contribution in [0.15, 0.2) is 29.2 Å². The number of rotatable bonds is 5. The molecular formula is C10H13NO3S. The van der Waals surface area contributed by atoms with Crippen molar-refractivity contribution in [2.24, 2.45) is 0 Å². The van der Waals surface area contributed by atoms with Crippen molar-refractivity contribution in [2.45, 2.75) is 10.1 Å². The third-order valence-electron chi connectivity index (χ3n) is 1.78. The van der Waals surface area contributed by atoms with E-state index in [0.717, 1.165) is 4.90 Å². The Labute approximate surface area is 92.4 Å². The van der Waals surface area contributed by atoms with Crippen LogP contribution in [0.2, 0.25) is 0 Å². The van der Waals surface area contributed by atoms with Crippen molar-refractivity contribution in [2.75, 3.05) is 19.5 Å². The highest BCUT2D eigenvalue weighted by atomic mass is 32.2. The second kappa shape index (κ2) is 5.63. The van der Waals surface area contributed by atoms with E-state index in [1.165, 1.54) is 18.9 Å². The zero-order chi connectivity index (χ0) is 11.3. The molecule has 0 saturated carbocycles. The Bertz CT molecular complexity index is 343. The largest absolute Gasteiger partial charge is 0.480 e. The molecular weight excluding hydrogens is 214 g/mol. The van der Waals surface area contributed by atoms with Gasteiger partial charge in [-0.15, -0.1) is 11.8 Å². The Balaban J connectivity index is 2.74. The van der Waals surface area contributed by atoms with E-state index in [1.807, 2.05) is 12.1 Å². The molecule has 0 bridgehead atoms. The predicted octanol–water partition coefficient (Wildman–Crippen LogP) is 1.46. The average Bonchev–Trinajstić information content (AvgIpc) is 2.20. The highest BCUT2D eigenvalue weighted by Gasteiger charge is 2.19. The van der Waals surface area contributed by atoms with Crippen LogP contribution in [0, 0.1) is 0 Å². The van der Waals surface area contributed by atoms with Gasteiger partial charge in [0, 0.05) is 17.7 Å². The first-order chi connectivity index (χ1) is 7.15. The van der Waals surface area contributed by atoms with E-state index < -0.39 is 11.2 Å². The number of nitrogen functional groups attached to an aromatic ring is 1. The molecule has 0 amide bonds. The van der Waals surface area contributed by atoms with Crippen molar-refractivity contribution in [3.8, 4) is 0 Å². The molecule has 0 radical (unpaired) electrons.